The maximum atomic E-state index is 13.5. The van der Waals surface area contributed by atoms with E-state index in [1.807, 2.05) is 24.3 Å². The summed E-state index contributed by atoms with van der Waals surface area (Å²) in [5, 5.41) is 0.483. The Bertz CT molecular complexity index is 1180. The number of nitrogens with zero attached hydrogens (tertiary/aromatic N) is 1. The van der Waals surface area contributed by atoms with Gasteiger partial charge in [-0.05, 0) is 49.1 Å². The predicted molar refractivity (Wildman–Crippen MR) is 117 cm³/mol. The number of amides is 1. The highest BCUT2D eigenvalue weighted by Gasteiger charge is 2.44. The van der Waals surface area contributed by atoms with Crippen LogP contribution in [0.2, 0.25) is 0 Å². The van der Waals surface area contributed by atoms with Gasteiger partial charge in [-0.25, -0.2) is 0 Å². The molecule has 0 spiro atoms. The van der Waals surface area contributed by atoms with Crippen molar-refractivity contribution in [2.75, 3.05) is 19.8 Å². The van der Waals surface area contributed by atoms with E-state index in [-0.39, 0.29) is 23.2 Å². The lowest BCUT2D eigenvalue weighted by Crippen LogP contribution is -2.36. The molecule has 31 heavy (non-hydrogen) atoms. The molecule has 0 radical (unpaired) electrons. The Morgan fingerprint density at radius 1 is 1.13 bits per heavy atom. The summed E-state index contributed by atoms with van der Waals surface area (Å²) in [6.45, 7) is 3.78. The number of hydrogen-bond donors (Lipinski definition) is 0. The Hall–Kier alpha value is -3.12. The van der Waals surface area contributed by atoms with Gasteiger partial charge in [-0.2, -0.15) is 0 Å². The third-order valence-corrected chi connectivity index (χ3v) is 5.94. The monoisotopic (exact) mass is 419 g/mol. The lowest BCUT2D eigenvalue weighted by atomic mass is 9.98. The van der Waals surface area contributed by atoms with Crippen molar-refractivity contribution in [2.45, 2.75) is 38.3 Å². The third-order valence-electron chi connectivity index (χ3n) is 5.94. The van der Waals surface area contributed by atoms with Gasteiger partial charge in [0.15, 0.2) is 5.43 Å². The number of hydrogen-bond acceptors (Lipinski definition) is 5. The second-order valence-corrected chi connectivity index (χ2v) is 8.09. The standard InChI is InChI=1S/C25H25NO5/c1-2-12-29-17-8-5-7-16(14-17)22-21-23(27)19-10-3-4-11-20(19)31-24(21)25(28)26(22)15-18-9-6-13-30-18/h3-5,7-8,10-11,14,18,22H,2,6,9,12-13,15H2,1H3/t18-,22+/m1/s1. The quantitative estimate of drug-likeness (QED) is 0.596. The van der Waals surface area contributed by atoms with E-state index in [1.54, 1.807) is 29.2 Å². The first kappa shape index (κ1) is 19.8. The Morgan fingerprint density at radius 3 is 2.81 bits per heavy atom. The van der Waals surface area contributed by atoms with Crippen LogP contribution in [-0.2, 0) is 4.74 Å². The fraction of sp³-hybridized carbons (Fsp3) is 0.360. The zero-order chi connectivity index (χ0) is 21.4. The van der Waals surface area contributed by atoms with Crippen LogP contribution >= 0.6 is 0 Å². The summed E-state index contributed by atoms with van der Waals surface area (Å²) in [5.41, 5.74) is 1.50. The molecule has 1 aromatic heterocycles. The lowest BCUT2D eigenvalue weighted by molar-refractivity contribution is 0.0486. The summed E-state index contributed by atoms with van der Waals surface area (Å²) >= 11 is 0. The van der Waals surface area contributed by atoms with E-state index in [1.165, 1.54) is 0 Å². The average Bonchev–Trinajstić information content (AvgIpc) is 3.40. The molecule has 0 unspecified atom stereocenters. The SMILES string of the molecule is CCCOc1cccc([C@H]2c3c(oc4ccccc4c3=O)C(=O)N2C[C@H]2CCCO2)c1. The molecule has 0 aliphatic carbocycles. The highest BCUT2D eigenvalue weighted by atomic mass is 16.5. The first-order valence-electron chi connectivity index (χ1n) is 10.9. The van der Waals surface area contributed by atoms with Crippen LogP contribution in [0.3, 0.4) is 0 Å². The molecule has 6 heteroatoms. The summed E-state index contributed by atoms with van der Waals surface area (Å²) in [6, 6.07) is 14.2. The van der Waals surface area contributed by atoms with Crippen molar-refractivity contribution < 1.29 is 18.7 Å². The van der Waals surface area contributed by atoms with Crippen molar-refractivity contribution in [3.8, 4) is 5.75 Å². The highest BCUT2D eigenvalue weighted by molar-refractivity contribution is 5.99. The van der Waals surface area contributed by atoms with Gasteiger partial charge in [0.05, 0.1) is 29.7 Å². The van der Waals surface area contributed by atoms with Crippen LogP contribution < -0.4 is 10.2 Å². The number of benzene rings is 2. The minimum atomic E-state index is -0.530. The fourth-order valence-corrected chi connectivity index (χ4v) is 4.50. The van der Waals surface area contributed by atoms with Crippen LogP contribution in [0.15, 0.2) is 57.7 Å². The first-order chi connectivity index (χ1) is 15.2. The maximum absolute atomic E-state index is 13.5. The van der Waals surface area contributed by atoms with E-state index in [0.29, 0.717) is 36.3 Å². The molecular formula is C25H25NO5. The molecule has 0 bridgehead atoms. The summed E-state index contributed by atoms with van der Waals surface area (Å²) in [5.74, 6) is 0.590. The molecule has 3 aromatic rings. The van der Waals surface area contributed by atoms with E-state index in [0.717, 1.165) is 30.6 Å². The van der Waals surface area contributed by atoms with Crippen LogP contribution in [0, 0.1) is 0 Å². The molecule has 2 aliphatic heterocycles. The number of fused-ring (bicyclic) bond motifs is 2. The Balaban J connectivity index is 1.65. The van der Waals surface area contributed by atoms with Gasteiger partial charge in [0.2, 0.25) is 5.76 Å². The summed E-state index contributed by atoms with van der Waals surface area (Å²) in [6.07, 6.45) is 2.74. The van der Waals surface area contributed by atoms with Gasteiger partial charge in [0.25, 0.3) is 5.91 Å². The third kappa shape index (κ3) is 3.51. The minimum Gasteiger partial charge on any atom is -0.494 e. The molecule has 0 saturated carbocycles. The van der Waals surface area contributed by atoms with Crippen molar-refractivity contribution in [1.29, 1.82) is 0 Å². The van der Waals surface area contributed by atoms with E-state index < -0.39 is 6.04 Å². The van der Waals surface area contributed by atoms with E-state index in [4.69, 9.17) is 13.9 Å². The zero-order valence-electron chi connectivity index (χ0n) is 17.5. The van der Waals surface area contributed by atoms with Crippen LogP contribution in [-0.4, -0.2) is 36.7 Å². The van der Waals surface area contributed by atoms with E-state index in [2.05, 4.69) is 6.92 Å². The second-order valence-electron chi connectivity index (χ2n) is 8.09. The zero-order valence-corrected chi connectivity index (χ0v) is 17.5. The first-order valence-corrected chi connectivity index (χ1v) is 10.9. The molecule has 3 heterocycles. The number of para-hydroxylation sites is 1. The maximum Gasteiger partial charge on any atom is 0.291 e. The van der Waals surface area contributed by atoms with Gasteiger partial charge >= 0.3 is 0 Å². The van der Waals surface area contributed by atoms with Gasteiger partial charge < -0.3 is 18.8 Å². The van der Waals surface area contributed by atoms with Gasteiger partial charge in [-0.3, -0.25) is 9.59 Å². The van der Waals surface area contributed by atoms with Crippen LogP contribution in [0.4, 0.5) is 0 Å². The topological polar surface area (TPSA) is 69.0 Å². The molecule has 0 N–H and O–H groups in total. The van der Waals surface area contributed by atoms with Crippen molar-refractivity contribution in [3.63, 3.8) is 0 Å². The van der Waals surface area contributed by atoms with E-state index in [9.17, 15) is 9.59 Å². The van der Waals surface area contributed by atoms with Gasteiger partial charge in [-0.1, -0.05) is 31.2 Å². The van der Waals surface area contributed by atoms with Crippen LogP contribution in [0.25, 0.3) is 11.0 Å². The molecule has 1 saturated heterocycles. The lowest BCUT2D eigenvalue weighted by Gasteiger charge is -2.27. The molecule has 5 rings (SSSR count). The van der Waals surface area contributed by atoms with Crippen molar-refractivity contribution in [1.82, 2.24) is 4.90 Å². The number of carbonyl (C=O) groups is 1. The summed E-state index contributed by atoms with van der Waals surface area (Å²) in [4.78, 5) is 28.6. The summed E-state index contributed by atoms with van der Waals surface area (Å²) < 4.78 is 17.6. The number of carbonyl (C=O) groups excluding carboxylic acids is 1. The molecular weight excluding hydrogens is 394 g/mol. The average molecular weight is 419 g/mol. The second kappa shape index (κ2) is 8.19. The number of rotatable bonds is 6. The molecule has 6 nitrogen and oxygen atoms in total. The molecule has 2 aromatic carbocycles. The molecule has 2 aliphatic rings. The fourth-order valence-electron chi connectivity index (χ4n) is 4.50. The van der Waals surface area contributed by atoms with Gasteiger partial charge in [0.1, 0.15) is 11.3 Å². The van der Waals surface area contributed by atoms with Crippen molar-refractivity contribution in [3.05, 3.63) is 75.6 Å². The van der Waals surface area contributed by atoms with Crippen LogP contribution in [0.1, 0.15) is 53.9 Å². The van der Waals surface area contributed by atoms with Crippen molar-refractivity contribution >= 4 is 16.9 Å². The Labute approximate surface area is 180 Å². The molecule has 160 valence electrons. The molecule has 2 atom stereocenters. The Kier molecular flexibility index (Phi) is 5.24. The van der Waals surface area contributed by atoms with E-state index >= 15 is 0 Å². The largest absolute Gasteiger partial charge is 0.494 e. The van der Waals surface area contributed by atoms with Crippen molar-refractivity contribution in [2.24, 2.45) is 0 Å². The molecule has 1 fully saturated rings. The van der Waals surface area contributed by atoms with Gasteiger partial charge in [0, 0.05) is 13.2 Å². The summed E-state index contributed by atoms with van der Waals surface area (Å²) in [7, 11) is 0. The predicted octanol–water partition coefficient (Wildman–Crippen LogP) is 4.31. The van der Waals surface area contributed by atoms with Crippen LogP contribution in [0.5, 0.6) is 5.75 Å². The van der Waals surface area contributed by atoms with Gasteiger partial charge in [-0.15, -0.1) is 0 Å². The minimum absolute atomic E-state index is 0.0372. The normalized spacial score (nSPS) is 20.4. The number of ether oxygens (including phenoxy) is 2. The highest BCUT2D eigenvalue weighted by Crippen LogP contribution is 2.39. The molecule has 1 amide bonds. The smallest absolute Gasteiger partial charge is 0.291 e. The Morgan fingerprint density at radius 2 is 2.00 bits per heavy atom.